The van der Waals surface area contributed by atoms with Crippen LogP contribution in [-0.2, 0) is 13.1 Å². The maximum absolute atomic E-state index is 8.88. The predicted octanol–water partition coefficient (Wildman–Crippen LogP) is 3.52. The number of hydrogen-bond donors (Lipinski definition) is 0. The number of nitrogens with zero attached hydrogens (tertiary/aromatic N) is 4. The molecule has 0 saturated carbocycles. The van der Waals surface area contributed by atoms with Crippen LogP contribution in [0.25, 0.3) is 4.96 Å². The standard InChI is InChI=1S/C16H18N4OS/c1-12-9-20-15(13(2)18-16(20)22-12)11-19(7-4-6-17)10-14-5-3-8-21-14/h3,5,8-9H,4,7,10-11H2,1-2H3. The lowest BCUT2D eigenvalue weighted by atomic mass is 10.2. The van der Waals surface area contributed by atoms with Crippen LogP contribution < -0.4 is 0 Å². The highest BCUT2D eigenvalue weighted by Gasteiger charge is 2.16. The molecule has 0 aliphatic rings. The average molecular weight is 314 g/mol. The van der Waals surface area contributed by atoms with E-state index in [4.69, 9.17) is 9.68 Å². The Bertz CT molecular complexity index is 794. The Morgan fingerprint density at radius 3 is 3.00 bits per heavy atom. The zero-order valence-corrected chi connectivity index (χ0v) is 13.6. The van der Waals surface area contributed by atoms with Crippen LogP contribution >= 0.6 is 11.3 Å². The van der Waals surface area contributed by atoms with Crippen molar-refractivity contribution in [1.82, 2.24) is 14.3 Å². The van der Waals surface area contributed by atoms with Gasteiger partial charge in [0.15, 0.2) is 4.96 Å². The van der Waals surface area contributed by atoms with E-state index in [-0.39, 0.29) is 0 Å². The molecule has 6 heteroatoms. The average Bonchev–Trinajstić information content (AvgIpc) is 3.16. The van der Waals surface area contributed by atoms with Gasteiger partial charge in [-0.15, -0.1) is 11.3 Å². The summed E-state index contributed by atoms with van der Waals surface area (Å²) in [6, 6.07) is 6.08. The molecule has 22 heavy (non-hydrogen) atoms. The number of fused-ring (bicyclic) bond motifs is 1. The molecule has 3 aromatic heterocycles. The zero-order chi connectivity index (χ0) is 15.5. The van der Waals surface area contributed by atoms with E-state index in [2.05, 4.69) is 33.5 Å². The second-order valence-corrected chi connectivity index (χ2v) is 6.55. The van der Waals surface area contributed by atoms with Gasteiger partial charge < -0.3 is 4.42 Å². The first-order valence-electron chi connectivity index (χ1n) is 7.23. The lowest BCUT2D eigenvalue weighted by molar-refractivity contribution is 0.237. The van der Waals surface area contributed by atoms with E-state index in [0.717, 1.165) is 23.0 Å². The molecule has 0 spiro atoms. The van der Waals surface area contributed by atoms with Gasteiger partial charge in [-0.05, 0) is 26.0 Å². The first kappa shape index (κ1) is 14.8. The molecule has 3 aromatic rings. The Morgan fingerprint density at radius 2 is 2.27 bits per heavy atom. The molecule has 0 aromatic carbocycles. The fourth-order valence-electron chi connectivity index (χ4n) is 2.56. The van der Waals surface area contributed by atoms with Gasteiger partial charge in [-0.3, -0.25) is 9.30 Å². The molecule has 0 bridgehead atoms. The summed E-state index contributed by atoms with van der Waals surface area (Å²) in [4.78, 5) is 9.14. The van der Waals surface area contributed by atoms with Gasteiger partial charge >= 0.3 is 0 Å². The lowest BCUT2D eigenvalue weighted by Gasteiger charge is -2.20. The zero-order valence-electron chi connectivity index (χ0n) is 12.7. The van der Waals surface area contributed by atoms with Crippen LogP contribution in [0.4, 0.5) is 0 Å². The molecular weight excluding hydrogens is 296 g/mol. The molecule has 0 aliphatic heterocycles. The Labute approximate surface area is 133 Å². The van der Waals surface area contributed by atoms with E-state index in [0.29, 0.717) is 19.5 Å². The van der Waals surface area contributed by atoms with Gasteiger partial charge in [0.2, 0.25) is 0 Å². The fraction of sp³-hybridized carbons (Fsp3) is 0.375. The smallest absolute Gasteiger partial charge is 0.194 e. The molecule has 0 fully saturated rings. The Hall–Kier alpha value is -2.10. The summed E-state index contributed by atoms with van der Waals surface area (Å²) in [5.74, 6) is 0.915. The molecule has 0 unspecified atom stereocenters. The van der Waals surface area contributed by atoms with E-state index >= 15 is 0 Å². The summed E-state index contributed by atoms with van der Waals surface area (Å²) in [5, 5.41) is 8.88. The van der Waals surface area contributed by atoms with Gasteiger partial charge in [-0.2, -0.15) is 5.26 Å². The largest absolute Gasteiger partial charge is 0.468 e. The van der Waals surface area contributed by atoms with Crippen molar-refractivity contribution in [2.75, 3.05) is 6.54 Å². The number of imidazole rings is 1. The molecule has 0 radical (unpaired) electrons. The van der Waals surface area contributed by atoms with Crippen molar-refractivity contribution in [3.05, 3.63) is 46.6 Å². The summed E-state index contributed by atoms with van der Waals surface area (Å²) in [6.45, 7) is 6.30. The van der Waals surface area contributed by atoms with E-state index in [1.165, 1.54) is 10.6 Å². The quantitative estimate of drug-likeness (QED) is 0.698. The minimum atomic E-state index is 0.504. The van der Waals surface area contributed by atoms with Gasteiger partial charge in [0, 0.05) is 30.6 Å². The minimum absolute atomic E-state index is 0.504. The lowest BCUT2D eigenvalue weighted by Crippen LogP contribution is -2.24. The molecule has 114 valence electrons. The molecule has 0 N–H and O–H groups in total. The second-order valence-electron chi connectivity index (χ2n) is 5.34. The number of rotatable bonds is 6. The van der Waals surface area contributed by atoms with Crippen LogP contribution in [0.3, 0.4) is 0 Å². The summed E-state index contributed by atoms with van der Waals surface area (Å²) in [7, 11) is 0. The van der Waals surface area contributed by atoms with Crippen LogP contribution in [0.2, 0.25) is 0 Å². The van der Waals surface area contributed by atoms with Crippen molar-refractivity contribution in [2.24, 2.45) is 0 Å². The van der Waals surface area contributed by atoms with E-state index < -0.39 is 0 Å². The number of hydrogen-bond acceptors (Lipinski definition) is 5. The van der Waals surface area contributed by atoms with Crippen molar-refractivity contribution in [3.63, 3.8) is 0 Å². The molecule has 0 amide bonds. The molecule has 5 nitrogen and oxygen atoms in total. The van der Waals surface area contributed by atoms with E-state index in [1.54, 1.807) is 17.6 Å². The van der Waals surface area contributed by atoms with Crippen molar-refractivity contribution >= 4 is 16.3 Å². The predicted molar refractivity (Wildman–Crippen MR) is 85.6 cm³/mol. The summed E-state index contributed by atoms with van der Waals surface area (Å²) < 4.78 is 7.60. The molecule has 3 heterocycles. The van der Waals surface area contributed by atoms with Gasteiger partial charge in [0.1, 0.15) is 5.76 Å². The first-order valence-corrected chi connectivity index (χ1v) is 8.04. The number of nitriles is 1. The highest BCUT2D eigenvalue weighted by Crippen LogP contribution is 2.22. The number of thiazole rings is 1. The van der Waals surface area contributed by atoms with Crippen molar-refractivity contribution in [2.45, 2.75) is 33.4 Å². The van der Waals surface area contributed by atoms with E-state index in [1.807, 2.05) is 19.1 Å². The molecule has 0 saturated heterocycles. The third-order valence-corrected chi connectivity index (χ3v) is 4.51. The summed E-state index contributed by atoms with van der Waals surface area (Å²) in [6.07, 6.45) is 4.32. The van der Waals surface area contributed by atoms with Gasteiger partial charge in [-0.1, -0.05) is 0 Å². The van der Waals surface area contributed by atoms with Crippen LogP contribution in [0.5, 0.6) is 0 Å². The molecule has 0 aliphatic carbocycles. The van der Waals surface area contributed by atoms with Crippen molar-refractivity contribution < 1.29 is 4.42 Å². The van der Waals surface area contributed by atoms with Crippen LogP contribution in [0, 0.1) is 25.2 Å². The van der Waals surface area contributed by atoms with Gasteiger partial charge in [-0.25, -0.2) is 4.98 Å². The topological polar surface area (TPSA) is 57.5 Å². The van der Waals surface area contributed by atoms with E-state index in [9.17, 15) is 0 Å². The Balaban J connectivity index is 1.84. The maximum atomic E-state index is 8.88. The molecular formula is C16H18N4OS. The van der Waals surface area contributed by atoms with Crippen molar-refractivity contribution in [1.29, 1.82) is 5.26 Å². The number of aryl methyl sites for hydroxylation is 2. The molecule has 0 atom stereocenters. The Kier molecular flexibility index (Phi) is 4.27. The second kappa shape index (κ2) is 6.34. The highest BCUT2D eigenvalue weighted by atomic mass is 32.1. The molecule has 3 rings (SSSR count). The van der Waals surface area contributed by atoms with Gasteiger partial charge in [0.25, 0.3) is 0 Å². The minimum Gasteiger partial charge on any atom is -0.468 e. The van der Waals surface area contributed by atoms with Gasteiger partial charge in [0.05, 0.1) is 30.3 Å². The fourth-order valence-corrected chi connectivity index (χ4v) is 3.45. The monoisotopic (exact) mass is 314 g/mol. The van der Waals surface area contributed by atoms with Crippen LogP contribution in [-0.4, -0.2) is 20.8 Å². The number of furan rings is 1. The summed E-state index contributed by atoms with van der Waals surface area (Å²) in [5.41, 5.74) is 2.23. The normalized spacial score (nSPS) is 11.4. The third kappa shape index (κ3) is 3.06. The highest BCUT2D eigenvalue weighted by molar-refractivity contribution is 7.17. The van der Waals surface area contributed by atoms with Crippen molar-refractivity contribution in [3.8, 4) is 6.07 Å². The third-order valence-electron chi connectivity index (χ3n) is 3.61. The van der Waals surface area contributed by atoms with Crippen LogP contribution in [0.15, 0.2) is 29.0 Å². The first-order chi connectivity index (χ1) is 10.7. The maximum Gasteiger partial charge on any atom is 0.194 e. The Morgan fingerprint density at radius 1 is 1.41 bits per heavy atom. The number of aromatic nitrogens is 2. The van der Waals surface area contributed by atoms with Crippen LogP contribution in [0.1, 0.15) is 28.4 Å². The summed E-state index contributed by atoms with van der Waals surface area (Å²) >= 11 is 1.70. The SMILES string of the molecule is Cc1cn2c(CN(CCC#N)Cc3ccco3)c(C)nc2s1.